The van der Waals surface area contributed by atoms with Gasteiger partial charge >= 0.3 is 0 Å². The number of fused-ring (bicyclic) bond motifs is 3. The topological polar surface area (TPSA) is 0 Å². The fourth-order valence-electron chi connectivity index (χ4n) is 7.09. The molecule has 0 radical (unpaired) electrons. The molecule has 0 aliphatic heterocycles. The molecule has 0 aliphatic rings. The summed E-state index contributed by atoms with van der Waals surface area (Å²) in [6, 6.07) is 44.4. The Morgan fingerprint density at radius 2 is 0.881 bits per heavy atom. The first-order valence-corrected chi connectivity index (χ1v) is 14.2. The van der Waals surface area contributed by atoms with Crippen molar-refractivity contribution in [3.8, 4) is 22.3 Å². The van der Waals surface area contributed by atoms with Crippen LogP contribution < -0.4 is 0 Å². The molecule has 196 valence electrons. The van der Waals surface area contributed by atoms with Crippen molar-refractivity contribution in [2.45, 2.75) is 0 Å². The van der Waals surface area contributed by atoms with Gasteiger partial charge in [-0.25, -0.2) is 8.78 Å². The Morgan fingerprint density at radius 1 is 0.357 bits per heavy atom. The summed E-state index contributed by atoms with van der Waals surface area (Å²) >= 11 is 0. The maximum Gasteiger partial charge on any atom is 0.131 e. The highest BCUT2D eigenvalue weighted by Gasteiger charge is 2.20. The van der Waals surface area contributed by atoms with Crippen LogP contribution >= 0.6 is 0 Å². The van der Waals surface area contributed by atoms with E-state index < -0.39 is 0 Å². The molecule has 0 spiro atoms. The second kappa shape index (κ2) is 8.58. The zero-order chi connectivity index (χ0) is 27.9. The van der Waals surface area contributed by atoms with E-state index in [-0.39, 0.29) is 11.6 Å². The summed E-state index contributed by atoms with van der Waals surface area (Å²) in [6.07, 6.45) is 0. The fraction of sp³-hybridized carbons (Fsp3) is 0. The molecule has 2 heteroatoms. The van der Waals surface area contributed by atoms with Crippen LogP contribution in [0.15, 0.2) is 133 Å². The van der Waals surface area contributed by atoms with Crippen LogP contribution in [-0.4, -0.2) is 0 Å². The number of hydrogen-bond acceptors (Lipinski definition) is 0. The SMILES string of the molecule is Fc1ccc2cc(-c3c4ccccc4c(-c4ccc5ccc6c(F)ccc7ccc4c5c76)c4ccccc34)ccc2c1. The van der Waals surface area contributed by atoms with E-state index in [0.717, 1.165) is 75.9 Å². The minimum atomic E-state index is -0.230. The summed E-state index contributed by atoms with van der Waals surface area (Å²) in [5.41, 5.74) is 4.56. The van der Waals surface area contributed by atoms with Gasteiger partial charge in [0.1, 0.15) is 11.6 Å². The monoisotopic (exact) mass is 540 g/mol. The lowest BCUT2D eigenvalue weighted by Gasteiger charge is -2.20. The number of benzene rings is 9. The summed E-state index contributed by atoms with van der Waals surface area (Å²) in [5.74, 6) is -0.424. The summed E-state index contributed by atoms with van der Waals surface area (Å²) in [6.45, 7) is 0. The minimum Gasteiger partial charge on any atom is -0.207 e. The molecule has 0 nitrogen and oxygen atoms in total. The lowest BCUT2D eigenvalue weighted by atomic mass is 9.83. The molecule has 0 fully saturated rings. The summed E-state index contributed by atoms with van der Waals surface area (Å²) in [5, 5.41) is 12.5. The van der Waals surface area contributed by atoms with E-state index >= 15 is 0 Å². The van der Waals surface area contributed by atoms with Crippen molar-refractivity contribution in [1.82, 2.24) is 0 Å². The quantitative estimate of drug-likeness (QED) is 0.151. The van der Waals surface area contributed by atoms with Gasteiger partial charge in [-0.3, -0.25) is 0 Å². The second-order valence-corrected chi connectivity index (χ2v) is 11.1. The molecule has 0 aromatic heterocycles. The zero-order valence-electron chi connectivity index (χ0n) is 22.5. The van der Waals surface area contributed by atoms with Gasteiger partial charge in [0.15, 0.2) is 0 Å². The molecule has 0 N–H and O–H groups in total. The largest absolute Gasteiger partial charge is 0.207 e. The van der Waals surface area contributed by atoms with Crippen LogP contribution in [0.5, 0.6) is 0 Å². The first-order chi connectivity index (χ1) is 20.7. The third-order valence-corrected chi connectivity index (χ3v) is 8.90. The van der Waals surface area contributed by atoms with E-state index in [1.165, 1.54) is 11.6 Å². The maximum atomic E-state index is 15.0. The van der Waals surface area contributed by atoms with Crippen molar-refractivity contribution in [1.29, 1.82) is 0 Å². The Hall–Kier alpha value is -5.34. The third-order valence-electron chi connectivity index (χ3n) is 8.90. The van der Waals surface area contributed by atoms with Crippen molar-refractivity contribution in [3.63, 3.8) is 0 Å². The van der Waals surface area contributed by atoms with Gasteiger partial charge in [0, 0.05) is 10.8 Å². The highest BCUT2D eigenvalue weighted by Crippen LogP contribution is 2.47. The predicted molar refractivity (Wildman–Crippen MR) is 173 cm³/mol. The highest BCUT2D eigenvalue weighted by molar-refractivity contribution is 6.29. The maximum absolute atomic E-state index is 15.0. The summed E-state index contributed by atoms with van der Waals surface area (Å²) < 4.78 is 28.9. The summed E-state index contributed by atoms with van der Waals surface area (Å²) in [4.78, 5) is 0. The van der Waals surface area contributed by atoms with Gasteiger partial charge in [-0.05, 0) is 100 Å². The van der Waals surface area contributed by atoms with Crippen LogP contribution in [0.2, 0.25) is 0 Å². The van der Waals surface area contributed by atoms with Crippen molar-refractivity contribution in [2.75, 3.05) is 0 Å². The number of rotatable bonds is 2. The van der Waals surface area contributed by atoms with Gasteiger partial charge in [-0.15, -0.1) is 0 Å². The molecular weight excluding hydrogens is 518 g/mol. The van der Waals surface area contributed by atoms with Crippen LogP contribution in [0.4, 0.5) is 8.78 Å². The zero-order valence-corrected chi connectivity index (χ0v) is 22.5. The van der Waals surface area contributed by atoms with E-state index in [0.29, 0.717) is 5.39 Å². The van der Waals surface area contributed by atoms with E-state index in [9.17, 15) is 8.78 Å². The second-order valence-electron chi connectivity index (χ2n) is 11.1. The predicted octanol–water partition coefficient (Wildman–Crippen LogP) is 11.7. The molecule has 0 heterocycles. The van der Waals surface area contributed by atoms with Crippen LogP contribution in [0.25, 0.3) is 86.9 Å². The molecule has 9 aromatic rings. The van der Waals surface area contributed by atoms with Crippen LogP contribution in [0.1, 0.15) is 0 Å². The molecule has 0 bridgehead atoms. The van der Waals surface area contributed by atoms with Crippen LogP contribution in [0.3, 0.4) is 0 Å². The average Bonchev–Trinajstić information content (AvgIpc) is 3.03. The summed E-state index contributed by atoms with van der Waals surface area (Å²) in [7, 11) is 0. The van der Waals surface area contributed by atoms with Crippen molar-refractivity contribution < 1.29 is 8.78 Å². The highest BCUT2D eigenvalue weighted by atomic mass is 19.1. The molecule has 9 rings (SSSR count). The molecule has 42 heavy (non-hydrogen) atoms. The van der Waals surface area contributed by atoms with E-state index in [1.807, 2.05) is 30.3 Å². The van der Waals surface area contributed by atoms with Crippen molar-refractivity contribution in [2.24, 2.45) is 0 Å². The van der Waals surface area contributed by atoms with Gasteiger partial charge in [-0.2, -0.15) is 0 Å². The van der Waals surface area contributed by atoms with Gasteiger partial charge in [-0.1, -0.05) is 109 Å². The Bertz CT molecular complexity index is 2480. The Labute approximate surface area is 240 Å². The lowest BCUT2D eigenvalue weighted by molar-refractivity contribution is 0.630. The van der Waals surface area contributed by atoms with Gasteiger partial charge in [0.2, 0.25) is 0 Å². The number of halogens is 2. The molecule has 0 atom stereocenters. The molecule has 0 amide bonds. The molecule has 0 saturated heterocycles. The van der Waals surface area contributed by atoms with Crippen molar-refractivity contribution >= 4 is 64.6 Å². The fourth-order valence-corrected chi connectivity index (χ4v) is 7.09. The first-order valence-electron chi connectivity index (χ1n) is 14.2. The van der Waals surface area contributed by atoms with E-state index in [1.54, 1.807) is 12.1 Å². The number of hydrogen-bond donors (Lipinski definition) is 0. The standard InChI is InChI=1S/C40H22F2/c41-28-16-11-25-21-27(10-9-26(25)22-28)37-29-5-1-3-7-31(29)40(32-8-4-2-6-30(32)37)34-18-13-23-14-19-35-36(42)20-15-24-12-17-33(34)38(23)39(24)35/h1-22H. The Morgan fingerprint density at radius 3 is 1.60 bits per heavy atom. The van der Waals surface area contributed by atoms with Crippen LogP contribution in [0, 0.1) is 11.6 Å². The molecule has 0 saturated carbocycles. The minimum absolute atomic E-state index is 0.194. The van der Waals surface area contributed by atoms with E-state index in [2.05, 4.69) is 84.9 Å². The Kier molecular flexibility index (Phi) is 4.77. The van der Waals surface area contributed by atoms with E-state index in [4.69, 9.17) is 0 Å². The first kappa shape index (κ1) is 23.4. The van der Waals surface area contributed by atoms with Gasteiger partial charge < -0.3 is 0 Å². The van der Waals surface area contributed by atoms with Gasteiger partial charge in [0.25, 0.3) is 0 Å². The lowest BCUT2D eigenvalue weighted by Crippen LogP contribution is -1.93. The Balaban J connectivity index is 1.42. The normalized spacial score (nSPS) is 12.0. The molecular formula is C40H22F2. The third kappa shape index (κ3) is 3.21. The molecule has 0 unspecified atom stereocenters. The average molecular weight is 541 g/mol. The van der Waals surface area contributed by atoms with Crippen molar-refractivity contribution in [3.05, 3.63) is 145 Å². The van der Waals surface area contributed by atoms with Gasteiger partial charge in [0.05, 0.1) is 0 Å². The molecule has 0 aliphatic carbocycles. The molecule has 9 aromatic carbocycles. The smallest absolute Gasteiger partial charge is 0.131 e. The van der Waals surface area contributed by atoms with Crippen LogP contribution in [-0.2, 0) is 0 Å².